The third-order valence-corrected chi connectivity index (χ3v) is 1.15. The van der Waals surface area contributed by atoms with Gasteiger partial charge in [0, 0.05) is 13.2 Å². The largest absolute Gasteiger partial charge is 0.393 e. The van der Waals surface area contributed by atoms with Gasteiger partial charge in [-0.2, -0.15) is 0 Å². The molecule has 0 aliphatic carbocycles. The van der Waals surface area contributed by atoms with E-state index in [1.807, 2.05) is 20.8 Å². The molecule has 2 N–H and O–H groups in total. The van der Waals surface area contributed by atoms with E-state index >= 15 is 0 Å². The van der Waals surface area contributed by atoms with Gasteiger partial charge in [-0.25, -0.2) is 0 Å². The monoisotopic (exact) mass is 208 g/mol. The maximum atomic E-state index is 9.33. The van der Waals surface area contributed by atoms with Crippen molar-refractivity contribution < 1.29 is 24.5 Å². The number of carbonyl (C=O) groups is 1. The highest BCUT2D eigenvalue weighted by Crippen LogP contribution is 1.90. The van der Waals surface area contributed by atoms with E-state index in [4.69, 9.17) is 19.7 Å². The van der Waals surface area contributed by atoms with Gasteiger partial charge in [-0.05, 0) is 20.8 Å². The summed E-state index contributed by atoms with van der Waals surface area (Å²) in [5, 5.41) is 15.9. The van der Waals surface area contributed by atoms with Crippen molar-refractivity contribution in [3.63, 3.8) is 0 Å². The molecule has 0 aliphatic rings. The fourth-order valence-electron chi connectivity index (χ4n) is 0.561. The van der Waals surface area contributed by atoms with Crippen LogP contribution in [-0.4, -0.2) is 48.7 Å². The number of hydrogen-bond acceptors (Lipinski definition) is 5. The topological polar surface area (TPSA) is 76.0 Å². The number of aliphatic hydroxyl groups is 2. The van der Waals surface area contributed by atoms with Crippen LogP contribution in [0.2, 0.25) is 0 Å². The molecule has 0 aromatic rings. The van der Waals surface area contributed by atoms with Crippen molar-refractivity contribution in [2.45, 2.75) is 33.2 Å². The molecule has 86 valence electrons. The summed E-state index contributed by atoms with van der Waals surface area (Å²) >= 11 is 0. The van der Waals surface area contributed by atoms with E-state index in [-0.39, 0.29) is 12.6 Å². The molecule has 1 atom stereocenters. The van der Waals surface area contributed by atoms with Crippen LogP contribution in [0.5, 0.6) is 0 Å². The Morgan fingerprint density at radius 1 is 1.29 bits per heavy atom. The van der Waals surface area contributed by atoms with Crippen LogP contribution < -0.4 is 0 Å². The molecule has 0 saturated heterocycles. The van der Waals surface area contributed by atoms with Gasteiger partial charge in [0.1, 0.15) is 6.10 Å². The highest BCUT2D eigenvalue weighted by atomic mass is 16.7. The number of ether oxygens (including phenoxy) is 2. The molecular formula is C9H20O5. The highest BCUT2D eigenvalue weighted by Gasteiger charge is 1.94. The van der Waals surface area contributed by atoms with E-state index < -0.39 is 12.7 Å². The molecule has 0 saturated carbocycles. The smallest absolute Gasteiger partial charge is 0.154 e. The predicted octanol–water partition coefficient (Wildman–Crippen LogP) is -0.0561. The van der Waals surface area contributed by atoms with Gasteiger partial charge in [0.25, 0.3) is 0 Å². The Kier molecular flexibility index (Phi) is 14.3. The van der Waals surface area contributed by atoms with Crippen molar-refractivity contribution in [2.75, 3.05) is 19.8 Å². The first-order valence-corrected chi connectivity index (χ1v) is 4.59. The van der Waals surface area contributed by atoms with Crippen LogP contribution in [-0.2, 0) is 14.3 Å². The van der Waals surface area contributed by atoms with Gasteiger partial charge in [-0.3, -0.25) is 0 Å². The summed E-state index contributed by atoms with van der Waals surface area (Å²) < 4.78 is 10.1. The lowest BCUT2D eigenvalue weighted by atomic mass is 10.4. The highest BCUT2D eigenvalue weighted by molar-refractivity contribution is 5.55. The lowest BCUT2D eigenvalue weighted by molar-refractivity contribution is -0.123. The van der Waals surface area contributed by atoms with Crippen LogP contribution in [0, 0.1) is 0 Å². The van der Waals surface area contributed by atoms with Crippen LogP contribution in [0.4, 0.5) is 0 Å². The summed E-state index contributed by atoms with van der Waals surface area (Å²) in [5.74, 6) is 0. The molecule has 0 fully saturated rings. The van der Waals surface area contributed by atoms with Crippen molar-refractivity contribution >= 4 is 6.29 Å². The van der Waals surface area contributed by atoms with E-state index in [1.54, 1.807) is 0 Å². The van der Waals surface area contributed by atoms with Crippen LogP contribution in [0.1, 0.15) is 20.8 Å². The SMILES string of the molecule is CCOC(C)OCC.O=CC(O)CO. The average molecular weight is 208 g/mol. The average Bonchev–Trinajstić information content (AvgIpc) is 2.18. The van der Waals surface area contributed by atoms with Crippen LogP contribution in [0.25, 0.3) is 0 Å². The normalized spacial score (nSPS) is 11.9. The zero-order valence-corrected chi connectivity index (χ0v) is 8.97. The van der Waals surface area contributed by atoms with Crippen LogP contribution in [0.15, 0.2) is 0 Å². The van der Waals surface area contributed by atoms with E-state index in [1.165, 1.54) is 0 Å². The lowest BCUT2D eigenvalue weighted by Gasteiger charge is -2.09. The Morgan fingerprint density at radius 3 is 1.86 bits per heavy atom. The molecule has 0 amide bonds. The zero-order valence-electron chi connectivity index (χ0n) is 8.97. The first-order chi connectivity index (χ1) is 6.62. The fraction of sp³-hybridized carbons (Fsp3) is 0.889. The molecule has 0 spiro atoms. The minimum absolute atomic E-state index is 0.0370. The second kappa shape index (κ2) is 12.5. The molecule has 0 bridgehead atoms. The molecule has 0 aromatic carbocycles. The van der Waals surface area contributed by atoms with Gasteiger partial charge in [0.2, 0.25) is 0 Å². The van der Waals surface area contributed by atoms with Gasteiger partial charge < -0.3 is 24.5 Å². The summed E-state index contributed by atoms with van der Waals surface area (Å²) in [6.45, 7) is 6.77. The number of aldehydes is 1. The Balaban J connectivity index is 0. The van der Waals surface area contributed by atoms with Crippen molar-refractivity contribution in [1.29, 1.82) is 0 Å². The van der Waals surface area contributed by atoms with Gasteiger partial charge in [-0.15, -0.1) is 0 Å². The van der Waals surface area contributed by atoms with E-state index in [9.17, 15) is 4.79 Å². The Labute approximate surface area is 84.6 Å². The number of hydrogen-bond donors (Lipinski definition) is 2. The Bertz CT molecular complexity index is 112. The molecule has 0 heterocycles. The van der Waals surface area contributed by atoms with Crippen LogP contribution in [0.3, 0.4) is 0 Å². The second-order valence-electron chi connectivity index (χ2n) is 2.36. The summed E-state index contributed by atoms with van der Waals surface area (Å²) in [7, 11) is 0. The Morgan fingerprint density at radius 2 is 1.71 bits per heavy atom. The quantitative estimate of drug-likeness (QED) is 0.472. The summed E-state index contributed by atoms with van der Waals surface area (Å²) in [6, 6.07) is 0. The molecule has 0 aromatic heterocycles. The molecule has 1 unspecified atom stereocenters. The first-order valence-electron chi connectivity index (χ1n) is 4.59. The van der Waals surface area contributed by atoms with Crippen molar-refractivity contribution in [2.24, 2.45) is 0 Å². The summed E-state index contributed by atoms with van der Waals surface area (Å²) in [4.78, 5) is 9.33. The molecule has 14 heavy (non-hydrogen) atoms. The number of rotatable bonds is 6. The molecule has 5 nitrogen and oxygen atoms in total. The molecule has 0 rings (SSSR count). The molecular weight excluding hydrogens is 188 g/mol. The minimum atomic E-state index is -1.19. The van der Waals surface area contributed by atoms with Crippen molar-refractivity contribution in [3.8, 4) is 0 Å². The van der Waals surface area contributed by atoms with E-state index in [0.717, 1.165) is 13.2 Å². The number of carbonyl (C=O) groups excluding carboxylic acids is 1. The molecule has 5 heteroatoms. The van der Waals surface area contributed by atoms with Gasteiger partial charge in [0.15, 0.2) is 12.6 Å². The maximum absolute atomic E-state index is 9.33. The van der Waals surface area contributed by atoms with Gasteiger partial charge in [0.05, 0.1) is 6.61 Å². The Hall–Kier alpha value is -0.490. The minimum Gasteiger partial charge on any atom is -0.393 e. The zero-order chi connectivity index (χ0) is 11.4. The van der Waals surface area contributed by atoms with Gasteiger partial charge >= 0.3 is 0 Å². The van der Waals surface area contributed by atoms with Crippen LogP contribution >= 0.6 is 0 Å². The molecule has 0 radical (unpaired) electrons. The third kappa shape index (κ3) is 14.1. The summed E-state index contributed by atoms with van der Waals surface area (Å²) in [6.07, 6.45) is -0.949. The third-order valence-electron chi connectivity index (χ3n) is 1.15. The van der Waals surface area contributed by atoms with E-state index in [0.29, 0.717) is 0 Å². The van der Waals surface area contributed by atoms with Crippen molar-refractivity contribution in [1.82, 2.24) is 0 Å². The predicted molar refractivity (Wildman–Crippen MR) is 51.9 cm³/mol. The number of aliphatic hydroxyl groups excluding tert-OH is 2. The first kappa shape index (κ1) is 16.0. The van der Waals surface area contributed by atoms with E-state index in [2.05, 4.69) is 0 Å². The standard InChI is InChI=1S/C6H14O2.C3H6O3/c1-4-7-6(3)8-5-2;4-1-3(6)2-5/h6H,4-5H2,1-3H3;1,3,5-6H,2H2. The summed E-state index contributed by atoms with van der Waals surface area (Å²) in [5.41, 5.74) is 0. The van der Waals surface area contributed by atoms with Gasteiger partial charge in [-0.1, -0.05) is 0 Å². The van der Waals surface area contributed by atoms with Crippen molar-refractivity contribution in [3.05, 3.63) is 0 Å². The molecule has 0 aliphatic heterocycles. The maximum Gasteiger partial charge on any atom is 0.154 e. The lowest BCUT2D eigenvalue weighted by Crippen LogP contribution is -2.12. The second-order valence-corrected chi connectivity index (χ2v) is 2.36. The fourth-order valence-corrected chi connectivity index (χ4v) is 0.561.